The molecule has 0 radical (unpaired) electrons. The highest BCUT2D eigenvalue weighted by Gasteiger charge is 2.01. The van der Waals surface area contributed by atoms with E-state index in [-0.39, 0.29) is 0 Å². The van der Waals surface area contributed by atoms with Gasteiger partial charge in [0, 0.05) is 5.69 Å². The number of imidazole rings is 1. The van der Waals surface area contributed by atoms with Gasteiger partial charge in [-0.2, -0.15) is 0 Å². The van der Waals surface area contributed by atoms with Crippen LogP contribution >= 0.6 is 0 Å². The van der Waals surface area contributed by atoms with Crippen LogP contribution in [-0.4, -0.2) is 9.97 Å². The second-order valence-corrected chi connectivity index (χ2v) is 4.22. The zero-order valence-corrected chi connectivity index (χ0v) is 9.75. The molecular formula is C13H17N3. The molecule has 3 heteroatoms. The zero-order valence-electron chi connectivity index (χ0n) is 9.75. The quantitative estimate of drug-likeness (QED) is 0.826. The lowest BCUT2D eigenvalue weighted by molar-refractivity contribution is 0.916. The molecule has 84 valence electrons. The molecule has 0 amide bonds. The van der Waals surface area contributed by atoms with Gasteiger partial charge in [-0.05, 0) is 37.8 Å². The fraction of sp³-hybridized carbons (Fsp3) is 0.308. The maximum atomic E-state index is 5.53. The molecule has 3 nitrogen and oxygen atoms in total. The van der Waals surface area contributed by atoms with Crippen LogP contribution in [0, 0.1) is 13.8 Å². The van der Waals surface area contributed by atoms with E-state index in [4.69, 9.17) is 5.73 Å². The fourth-order valence-electron chi connectivity index (χ4n) is 1.84. The molecule has 0 aliphatic heterocycles. The summed E-state index contributed by atoms with van der Waals surface area (Å²) >= 11 is 0. The number of nitrogen functional groups attached to an aromatic ring is 1. The summed E-state index contributed by atoms with van der Waals surface area (Å²) in [5, 5.41) is 0. The number of aromatic nitrogens is 2. The number of H-pyrrole nitrogens is 1. The van der Waals surface area contributed by atoms with Crippen LogP contribution < -0.4 is 5.73 Å². The molecule has 1 aromatic heterocycles. The Bertz CT molecular complexity index is 486. The predicted octanol–water partition coefficient (Wildman–Crippen LogP) is 2.39. The van der Waals surface area contributed by atoms with Crippen molar-refractivity contribution in [1.29, 1.82) is 0 Å². The topological polar surface area (TPSA) is 54.7 Å². The largest absolute Gasteiger partial charge is 0.369 e. The van der Waals surface area contributed by atoms with E-state index in [1.54, 1.807) is 6.20 Å². The van der Waals surface area contributed by atoms with E-state index in [1.807, 2.05) is 0 Å². The third-order valence-corrected chi connectivity index (χ3v) is 2.82. The number of rotatable bonds is 3. The van der Waals surface area contributed by atoms with Crippen LogP contribution in [0.5, 0.6) is 0 Å². The van der Waals surface area contributed by atoms with Crippen molar-refractivity contribution in [1.82, 2.24) is 9.97 Å². The van der Waals surface area contributed by atoms with E-state index in [0.717, 1.165) is 18.5 Å². The molecule has 0 aliphatic carbocycles. The Kier molecular flexibility index (Phi) is 2.95. The minimum atomic E-state index is 0.496. The molecule has 0 saturated carbocycles. The minimum absolute atomic E-state index is 0.496. The Balaban J connectivity index is 2.07. The molecule has 3 N–H and O–H groups in total. The van der Waals surface area contributed by atoms with E-state index in [0.29, 0.717) is 5.95 Å². The smallest absolute Gasteiger partial charge is 0.197 e. The number of benzene rings is 1. The summed E-state index contributed by atoms with van der Waals surface area (Å²) < 4.78 is 0. The predicted molar refractivity (Wildman–Crippen MR) is 66.3 cm³/mol. The molecule has 1 heterocycles. The number of nitrogens with zero attached hydrogens (tertiary/aromatic N) is 1. The van der Waals surface area contributed by atoms with Gasteiger partial charge >= 0.3 is 0 Å². The highest BCUT2D eigenvalue weighted by molar-refractivity contribution is 5.31. The van der Waals surface area contributed by atoms with Crippen molar-refractivity contribution in [3.8, 4) is 0 Å². The number of aryl methyl sites for hydroxylation is 4. The highest BCUT2D eigenvalue weighted by Crippen LogP contribution is 2.13. The summed E-state index contributed by atoms with van der Waals surface area (Å²) in [4.78, 5) is 7.04. The minimum Gasteiger partial charge on any atom is -0.369 e. The van der Waals surface area contributed by atoms with E-state index >= 15 is 0 Å². The van der Waals surface area contributed by atoms with Crippen LogP contribution in [-0.2, 0) is 12.8 Å². The molecule has 2 rings (SSSR count). The van der Waals surface area contributed by atoms with Crippen molar-refractivity contribution in [2.24, 2.45) is 0 Å². The Morgan fingerprint density at radius 2 is 2.06 bits per heavy atom. The summed E-state index contributed by atoms with van der Waals surface area (Å²) in [6.45, 7) is 4.27. The van der Waals surface area contributed by atoms with Crippen molar-refractivity contribution in [3.63, 3.8) is 0 Å². The Morgan fingerprint density at radius 3 is 2.75 bits per heavy atom. The maximum Gasteiger partial charge on any atom is 0.197 e. The number of anilines is 1. The van der Waals surface area contributed by atoms with Gasteiger partial charge in [0.15, 0.2) is 5.95 Å². The number of nitrogens with two attached hydrogens (primary N) is 1. The van der Waals surface area contributed by atoms with Gasteiger partial charge in [-0.1, -0.05) is 23.8 Å². The number of hydrogen-bond donors (Lipinski definition) is 2. The molecule has 0 fully saturated rings. The second kappa shape index (κ2) is 4.39. The van der Waals surface area contributed by atoms with Gasteiger partial charge in [-0.15, -0.1) is 0 Å². The maximum absolute atomic E-state index is 5.53. The Morgan fingerprint density at radius 1 is 1.25 bits per heavy atom. The molecule has 0 bridgehead atoms. The highest BCUT2D eigenvalue weighted by atomic mass is 15.0. The lowest BCUT2D eigenvalue weighted by atomic mass is 10.0. The van der Waals surface area contributed by atoms with Gasteiger partial charge in [-0.25, -0.2) is 4.98 Å². The van der Waals surface area contributed by atoms with E-state index < -0.39 is 0 Å². The van der Waals surface area contributed by atoms with Crippen molar-refractivity contribution in [3.05, 3.63) is 46.8 Å². The third kappa shape index (κ3) is 2.42. The van der Waals surface area contributed by atoms with E-state index in [1.165, 1.54) is 16.7 Å². The van der Waals surface area contributed by atoms with Gasteiger partial charge in [0.2, 0.25) is 0 Å². The van der Waals surface area contributed by atoms with Gasteiger partial charge in [0.1, 0.15) is 0 Å². The SMILES string of the molecule is Cc1ccc(C)c(CCc2cnc(N)[nH]2)c1. The fourth-order valence-corrected chi connectivity index (χ4v) is 1.84. The molecule has 0 spiro atoms. The Labute approximate surface area is 95.7 Å². The van der Waals surface area contributed by atoms with Crippen molar-refractivity contribution >= 4 is 5.95 Å². The lowest BCUT2D eigenvalue weighted by Crippen LogP contribution is -1.95. The van der Waals surface area contributed by atoms with Crippen LogP contribution in [0.25, 0.3) is 0 Å². The average molecular weight is 215 g/mol. The molecule has 0 aliphatic rings. The molecule has 2 aromatic rings. The first-order valence-corrected chi connectivity index (χ1v) is 5.50. The summed E-state index contributed by atoms with van der Waals surface area (Å²) in [5.41, 5.74) is 10.7. The average Bonchev–Trinajstić information content (AvgIpc) is 2.66. The molecular weight excluding hydrogens is 198 g/mol. The van der Waals surface area contributed by atoms with Crippen LogP contribution in [0.15, 0.2) is 24.4 Å². The summed E-state index contributed by atoms with van der Waals surface area (Å²) in [6.07, 6.45) is 3.78. The molecule has 0 atom stereocenters. The first-order valence-electron chi connectivity index (χ1n) is 5.50. The first-order chi connectivity index (χ1) is 7.65. The third-order valence-electron chi connectivity index (χ3n) is 2.82. The zero-order chi connectivity index (χ0) is 11.5. The summed E-state index contributed by atoms with van der Waals surface area (Å²) in [6, 6.07) is 6.56. The monoisotopic (exact) mass is 215 g/mol. The van der Waals surface area contributed by atoms with Gasteiger partial charge in [0.05, 0.1) is 6.20 Å². The lowest BCUT2D eigenvalue weighted by Gasteiger charge is -2.06. The molecule has 0 unspecified atom stereocenters. The van der Waals surface area contributed by atoms with Gasteiger partial charge in [0.25, 0.3) is 0 Å². The van der Waals surface area contributed by atoms with Gasteiger partial charge in [-0.3, -0.25) is 0 Å². The number of nitrogens with one attached hydrogen (secondary N) is 1. The van der Waals surface area contributed by atoms with Crippen LogP contribution in [0.4, 0.5) is 5.95 Å². The van der Waals surface area contributed by atoms with Crippen molar-refractivity contribution in [2.75, 3.05) is 5.73 Å². The van der Waals surface area contributed by atoms with Crippen LogP contribution in [0.2, 0.25) is 0 Å². The van der Waals surface area contributed by atoms with Crippen LogP contribution in [0.3, 0.4) is 0 Å². The molecule has 0 saturated heterocycles. The number of hydrogen-bond acceptors (Lipinski definition) is 2. The molecule has 1 aromatic carbocycles. The first kappa shape index (κ1) is 10.7. The van der Waals surface area contributed by atoms with Gasteiger partial charge < -0.3 is 10.7 Å². The van der Waals surface area contributed by atoms with E-state index in [2.05, 4.69) is 42.0 Å². The summed E-state index contributed by atoms with van der Waals surface area (Å²) in [5.74, 6) is 0.496. The van der Waals surface area contributed by atoms with E-state index in [9.17, 15) is 0 Å². The Hall–Kier alpha value is -1.77. The molecule has 16 heavy (non-hydrogen) atoms. The van der Waals surface area contributed by atoms with Crippen LogP contribution in [0.1, 0.15) is 22.4 Å². The normalized spacial score (nSPS) is 10.6. The number of aromatic amines is 1. The van der Waals surface area contributed by atoms with Crippen molar-refractivity contribution < 1.29 is 0 Å². The summed E-state index contributed by atoms with van der Waals surface area (Å²) in [7, 11) is 0. The second-order valence-electron chi connectivity index (χ2n) is 4.22. The standard InChI is InChI=1S/C13H17N3/c1-9-3-4-10(2)11(7-9)5-6-12-8-15-13(14)16-12/h3-4,7-8H,5-6H2,1-2H3,(H3,14,15,16). The van der Waals surface area contributed by atoms with Crippen molar-refractivity contribution in [2.45, 2.75) is 26.7 Å².